The minimum atomic E-state index is -1.62. The molecule has 0 rings (SSSR count). The molecule has 0 fully saturated rings. The quantitative estimate of drug-likeness (QED) is 0.0195. The fourth-order valence-corrected chi connectivity index (χ4v) is 7.29. The molecule has 0 bridgehead atoms. The number of carbonyl (C=O) groups is 3. The van der Waals surface area contributed by atoms with E-state index in [0.29, 0.717) is 23.9 Å². The molecule has 64 heavy (non-hydrogen) atoms. The van der Waals surface area contributed by atoms with Gasteiger partial charge in [-0.05, 0) is 51.4 Å². The Hall–Kier alpha value is -2.75. The van der Waals surface area contributed by atoms with Crippen molar-refractivity contribution in [2.45, 2.75) is 238 Å². The molecule has 372 valence electrons. The fourth-order valence-electron chi connectivity index (χ4n) is 7.29. The summed E-state index contributed by atoms with van der Waals surface area (Å²) in [6, 6.07) is 0. The lowest BCUT2D eigenvalue weighted by Gasteiger charge is -2.26. The van der Waals surface area contributed by atoms with Gasteiger partial charge < -0.3 is 33.3 Å². The van der Waals surface area contributed by atoms with Crippen LogP contribution in [0, 0.1) is 0 Å². The van der Waals surface area contributed by atoms with Crippen molar-refractivity contribution in [1.29, 1.82) is 0 Å². The smallest absolute Gasteiger partial charge is 0.306 e. The molecule has 9 nitrogen and oxygen atoms in total. The van der Waals surface area contributed by atoms with Crippen molar-refractivity contribution >= 4 is 17.9 Å². The number of hydrogen-bond acceptors (Lipinski definition) is 8. The lowest BCUT2D eigenvalue weighted by atomic mass is 10.0. The lowest BCUT2D eigenvalue weighted by molar-refractivity contribution is -0.870. The summed E-state index contributed by atoms with van der Waals surface area (Å²) in [6.45, 7) is 4.65. The zero-order valence-electron chi connectivity index (χ0n) is 42.1. The van der Waals surface area contributed by atoms with Gasteiger partial charge in [0.1, 0.15) is 13.2 Å². The van der Waals surface area contributed by atoms with Crippen LogP contribution in [0.3, 0.4) is 0 Å². The summed E-state index contributed by atoms with van der Waals surface area (Å²) >= 11 is 0. The molecule has 0 aromatic heterocycles. The molecular formula is C55H99NO8. The van der Waals surface area contributed by atoms with E-state index in [1.807, 2.05) is 21.1 Å². The zero-order valence-corrected chi connectivity index (χ0v) is 42.1. The molecule has 0 heterocycles. The summed E-state index contributed by atoms with van der Waals surface area (Å²) in [4.78, 5) is 37.1. The van der Waals surface area contributed by atoms with Crippen LogP contribution in [-0.4, -0.2) is 82.3 Å². The SMILES string of the molecule is CC/C=C\C/C=C\C/C=C\C/C=C\CCCCCCCCCCCCCCC(=O)OC(COC(=O)CCCCCCCCCCCCCCCC)COC(OCC[N+](C)(C)C)C(=O)[O-]. The molecular weight excluding hydrogens is 803 g/mol. The molecule has 0 spiro atoms. The predicted molar refractivity (Wildman–Crippen MR) is 265 cm³/mol. The molecule has 0 aliphatic carbocycles. The van der Waals surface area contributed by atoms with Gasteiger partial charge in [0.2, 0.25) is 0 Å². The number of ether oxygens (including phenoxy) is 4. The van der Waals surface area contributed by atoms with E-state index in [2.05, 4.69) is 62.5 Å². The summed E-state index contributed by atoms with van der Waals surface area (Å²) in [7, 11) is 5.92. The van der Waals surface area contributed by atoms with Crippen molar-refractivity contribution in [3.63, 3.8) is 0 Å². The van der Waals surface area contributed by atoms with Gasteiger partial charge in [-0.3, -0.25) is 9.59 Å². The zero-order chi connectivity index (χ0) is 47.0. The molecule has 0 aliphatic rings. The van der Waals surface area contributed by atoms with E-state index in [1.54, 1.807) is 0 Å². The Labute approximate surface area is 393 Å². The maximum atomic E-state index is 12.8. The number of carbonyl (C=O) groups excluding carboxylic acids is 3. The molecule has 2 atom stereocenters. The van der Waals surface area contributed by atoms with Gasteiger partial charge in [-0.1, -0.05) is 210 Å². The second-order valence-electron chi connectivity index (χ2n) is 18.8. The van der Waals surface area contributed by atoms with Crippen LogP contribution in [0.1, 0.15) is 226 Å². The van der Waals surface area contributed by atoms with Crippen LogP contribution >= 0.6 is 0 Å². The highest BCUT2D eigenvalue weighted by Crippen LogP contribution is 2.16. The Morgan fingerprint density at radius 2 is 0.891 bits per heavy atom. The van der Waals surface area contributed by atoms with E-state index in [9.17, 15) is 19.5 Å². The maximum absolute atomic E-state index is 12.8. The normalized spacial score (nSPS) is 13.2. The summed E-state index contributed by atoms with van der Waals surface area (Å²) in [5.74, 6) is -2.28. The minimum Gasteiger partial charge on any atom is -0.545 e. The number of hydrogen-bond donors (Lipinski definition) is 0. The van der Waals surface area contributed by atoms with Crippen LogP contribution in [0.2, 0.25) is 0 Å². The number of aliphatic carboxylic acids is 1. The molecule has 0 saturated heterocycles. The van der Waals surface area contributed by atoms with Gasteiger partial charge >= 0.3 is 11.9 Å². The summed E-state index contributed by atoms with van der Waals surface area (Å²) in [5, 5.41) is 11.7. The number of unbranched alkanes of at least 4 members (excludes halogenated alkanes) is 25. The topological polar surface area (TPSA) is 111 Å². The first-order valence-corrected chi connectivity index (χ1v) is 26.3. The standard InChI is InChI=1S/C55H99NO8/c1-6-8-10-12-14-16-18-20-22-23-24-25-26-27-28-29-30-31-32-34-36-38-40-42-44-46-53(58)64-51(50-63-55(54(59)60)61-48-47-56(3,4)5)49-62-52(57)45-43-41-39-37-35-33-21-19-17-15-13-11-9-7-2/h8,10,14,16,20,22,24-25,51,55H,6-7,9,11-13,15,17-19,21,23,26-50H2,1-5H3/b10-8-,16-14-,22-20-,25-24-. The molecule has 0 aromatic carbocycles. The first kappa shape index (κ1) is 61.2. The number of carboxylic acids is 1. The van der Waals surface area contributed by atoms with Crippen molar-refractivity contribution in [2.24, 2.45) is 0 Å². The molecule has 0 N–H and O–H groups in total. The van der Waals surface area contributed by atoms with Crippen LogP contribution in [0.4, 0.5) is 0 Å². The van der Waals surface area contributed by atoms with E-state index in [0.717, 1.165) is 64.2 Å². The third-order valence-corrected chi connectivity index (χ3v) is 11.3. The van der Waals surface area contributed by atoms with Crippen LogP contribution < -0.4 is 5.11 Å². The van der Waals surface area contributed by atoms with Gasteiger partial charge in [0.15, 0.2) is 12.4 Å². The monoisotopic (exact) mass is 902 g/mol. The average Bonchev–Trinajstić information content (AvgIpc) is 3.26. The number of rotatable bonds is 48. The van der Waals surface area contributed by atoms with E-state index in [-0.39, 0.29) is 32.2 Å². The number of nitrogens with zero attached hydrogens (tertiary/aromatic N) is 1. The number of carboxylic acid groups (broad SMARTS) is 1. The van der Waals surface area contributed by atoms with Crippen LogP contribution in [-0.2, 0) is 33.3 Å². The second-order valence-corrected chi connectivity index (χ2v) is 18.8. The largest absolute Gasteiger partial charge is 0.545 e. The summed E-state index contributed by atoms with van der Waals surface area (Å²) in [5.41, 5.74) is 0. The summed E-state index contributed by atoms with van der Waals surface area (Å²) < 4.78 is 22.6. The van der Waals surface area contributed by atoms with Gasteiger partial charge in [0.05, 0.1) is 40.3 Å². The molecule has 0 aliphatic heterocycles. The number of likely N-dealkylation sites (N-methyl/N-ethyl adjacent to an activating group) is 1. The number of allylic oxidation sites excluding steroid dienone is 8. The van der Waals surface area contributed by atoms with Crippen molar-refractivity contribution in [3.05, 3.63) is 48.6 Å². The maximum Gasteiger partial charge on any atom is 0.306 e. The third-order valence-electron chi connectivity index (χ3n) is 11.3. The molecule has 0 amide bonds. The fraction of sp³-hybridized carbons (Fsp3) is 0.800. The van der Waals surface area contributed by atoms with Crippen LogP contribution in [0.5, 0.6) is 0 Å². The van der Waals surface area contributed by atoms with E-state index >= 15 is 0 Å². The highest BCUT2D eigenvalue weighted by molar-refractivity contribution is 5.70. The molecule has 0 saturated carbocycles. The molecule has 2 unspecified atom stereocenters. The Bertz CT molecular complexity index is 1190. The highest BCUT2D eigenvalue weighted by atomic mass is 16.7. The number of quaternary nitrogens is 1. The van der Waals surface area contributed by atoms with E-state index in [4.69, 9.17) is 18.9 Å². The van der Waals surface area contributed by atoms with Crippen molar-refractivity contribution in [3.8, 4) is 0 Å². The first-order valence-electron chi connectivity index (χ1n) is 26.3. The molecule has 9 heteroatoms. The third kappa shape index (κ3) is 47.2. The van der Waals surface area contributed by atoms with Crippen LogP contribution in [0.25, 0.3) is 0 Å². The molecule has 0 aromatic rings. The van der Waals surface area contributed by atoms with Gasteiger partial charge in [-0.15, -0.1) is 0 Å². The Morgan fingerprint density at radius 1 is 0.484 bits per heavy atom. The van der Waals surface area contributed by atoms with Gasteiger partial charge in [0, 0.05) is 12.8 Å². The van der Waals surface area contributed by atoms with Gasteiger partial charge in [-0.2, -0.15) is 0 Å². The van der Waals surface area contributed by atoms with Crippen molar-refractivity contribution < 1.29 is 42.9 Å². The Balaban J connectivity index is 4.26. The average molecular weight is 902 g/mol. The molecule has 0 radical (unpaired) electrons. The minimum absolute atomic E-state index is 0.148. The summed E-state index contributed by atoms with van der Waals surface area (Å²) in [6.07, 6.45) is 52.9. The van der Waals surface area contributed by atoms with Crippen molar-refractivity contribution in [2.75, 3.05) is 47.5 Å². The Kier molecular flexibility index (Phi) is 44.8. The van der Waals surface area contributed by atoms with E-state index in [1.165, 1.54) is 128 Å². The number of esters is 2. The Morgan fingerprint density at radius 3 is 1.33 bits per heavy atom. The predicted octanol–water partition coefficient (Wildman–Crippen LogP) is 13.4. The second kappa shape index (κ2) is 46.8. The highest BCUT2D eigenvalue weighted by Gasteiger charge is 2.22. The van der Waals surface area contributed by atoms with Crippen LogP contribution in [0.15, 0.2) is 48.6 Å². The van der Waals surface area contributed by atoms with Crippen molar-refractivity contribution in [1.82, 2.24) is 0 Å². The lowest BCUT2D eigenvalue weighted by Crippen LogP contribution is -2.44. The first-order chi connectivity index (χ1) is 31.1. The van der Waals surface area contributed by atoms with E-state index < -0.39 is 24.3 Å². The van der Waals surface area contributed by atoms with Gasteiger partial charge in [0.25, 0.3) is 0 Å². The van der Waals surface area contributed by atoms with Gasteiger partial charge in [-0.25, -0.2) is 0 Å².